The Labute approximate surface area is 121 Å². The number of nitrogens with zero attached hydrogens (tertiary/aromatic N) is 2. The Bertz CT molecular complexity index is 478. The molecule has 0 atom stereocenters. The number of rotatable bonds is 5. The van der Waals surface area contributed by atoms with Crippen LogP contribution in [0.3, 0.4) is 0 Å². The molecule has 1 aromatic heterocycles. The highest BCUT2D eigenvalue weighted by atomic mass is 16.3. The van der Waals surface area contributed by atoms with Crippen LogP contribution in [-0.4, -0.2) is 47.1 Å². The lowest BCUT2D eigenvalue weighted by Crippen LogP contribution is -2.39. The predicted octanol–water partition coefficient (Wildman–Crippen LogP) is 2.09. The fraction of sp³-hybridized carbons (Fsp3) is 0.600. The normalized spacial score (nSPS) is 11.6. The first-order valence-corrected chi connectivity index (χ1v) is 6.81. The summed E-state index contributed by atoms with van der Waals surface area (Å²) in [5, 5.41) is 12.8. The van der Waals surface area contributed by atoms with Crippen LogP contribution < -0.4 is 5.32 Å². The fourth-order valence-electron chi connectivity index (χ4n) is 1.97. The molecule has 5 heteroatoms. The quantitative estimate of drug-likeness (QED) is 0.866. The van der Waals surface area contributed by atoms with E-state index in [1.807, 2.05) is 19.9 Å². The van der Waals surface area contributed by atoms with E-state index in [0.717, 1.165) is 5.69 Å². The highest BCUT2D eigenvalue weighted by Gasteiger charge is 2.21. The molecular weight excluding hydrogens is 254 g/mol. The minimum Gasteiger partial charge on any atom is -0.389 e. The summed E-state index contributed by atoms with van der Waals surface area (Å²) < 4.78 is 0. The first kappa shape index (κ1) is 16.4. The zero-order valence-corrected chi connectivity index (χ0v) is 13.2. The Hall–Kier alpha value is -1.62. The van der Waals surface area contributed by atoms with Crippen LogP contribution in [0.4, 0.5) is 5.82 Å². The molecule has 112 valence electrons. The van der Waals surface area contributed by atoms with Crippen molar-refractivity contribution < 1.29 is 9.90 Å². The second-order valence-corrected chi connectivity index (χ2v) is 6.04. The molecule has 1 amide bonds. The van der Waals surface area contributed by atoms with E-state index >= 15 is 0 Å². The van der Waals surface area contributed by atoms with Gasteiger partial charge in [-0.3, -0.25) is 4.79 Å². The zero-order chi connectivity index (χ0) is 15.5. The summed E-state index contributed by atoms with van der Waals surface area (Å²) in [4.78, 5) is 18.4. The van der Waals surface area contributed by atoms with E-state index in [0.29, 0.717) is 11.4 Å². The SMILES string of the molecule is CNc1cc(C(=O)N(C)CC(C)(C)O)cc(C(C)C)n1. The van der Waals surface area contributed by atoms with Gasteiger partial charge in [-0.1, -0.05) is 13.8 Å². The van der Waals surface area contributed by atoms with Gasteiger partial charge in [0, 0.05) is 31.9 Å². The monoisotopic (exact) mass is 279 g/mol. The van der Waals surface area contributed by atoms with Gasteiger partial charge in [0.15, 0.2) is 0 Å². The summed E-state index contributed by atoms with van der Waals surface area (Å²) in [5.74, 6) is 0.804. The highest BCUT2D eigenvalue weighted by Crippen LogP contribution is 2.19. The number of nitrogens with one attached hydrogen (secondary N) is 1. The van der Waals surface area contributed by atoms with E-state index in [4.69, 9.17) is 0 Å². The van der Waals surface area contributed by atoms with E-state index in [1.54, 1.807) is 34.0 Å². The number of carbonyl (C=O) groups is 1. The maximum atomic E-state index is 12.4. The van der Waals surface area contributed by atoms with Crippen LogP contribution in [-0.2, 0) is 0 Å². The van der Waals surface area contributed by atoms with Crippen LogP contribution >= 0.6 is 0 Å². The molecule has 0 saturated carbocycles. The fourth-order valence-corrected chi connectivity index (χ4v) is 1.97. The number of hydrogen-bond donors (Lipinski definition) is 2. The summed E-state index contributed by atoms with van der Waals surface area (Å²) in [6.07, 6.45) is 0. The lowest BCUT2D eigenvalue weighted by Gasteiger charge is -2.26. The molecular formula is C15H25N3O2. The van der Waals surface area contributed by atoms with Crippen LogP contribution in [0.15, 0.2) is 12.1 Å². The third-order valence-electron chi connectivity index (χ3n) is 2.91. The van der Waals surface area contributed by atoms with Crippen LogP contribution in [0.5, 0.6) is 0 Å². The third kappa shape index (κ3) is 4.49. The molecule has 1 rings (SSSR count). The molecule has 0 unspecified atom stereocenters. The smallest absolute Gasteiger partial charge is 0.253 e. The van der Waals surface area contributed by atoms with Crippen molar-refractivity contribution in [3.8, 4) is 0 Å². The highest BCUT2D eigenvalue weighted by molar-refractivity contribution is 5.95. The number of likely N-dealkylation sites (N-methyl/N-ethyl adjacent to an activating group) is 1. The van der Waals surface area contributed by atoms with Gasteiger partial charge in [-0.2, -0.15) is 0 Å². The van der Waals surface area contributed by atoms with Crippen LogP contribution in [0, 0.1) is 0 Å². The number of anilines is 1. The number of hydrogen-bond acceptors (Lipinski definition) is 4. The molecule has 0 aliphatic carbocycles. The van der Waals surface area contributed by atoms with E-state index < -0.39 is 5.60 Å². The largest absolute Gasteiger partial charge is 0.389 e. The Balaban J connectivity index is 3.06. The molecule has 1 aromatic rings. The second-order valence-electron chi connectivity index (χ2n) is 6.04. The Morgan fingerprint density at radius 3 is 2.50 bits per heavy atom. The molecule has 0 radical (unpaired) electrons. The van der Waals surface area contributed by atoms with Crippen molar-refractivity contribution in [3.63, 3.8) is 0 Å². The average molecular weight is 279 g/mol. The van der Waals surface area contributed by atoms with Crippen molar-refractivity contribution >= 4 is 11.7 Å². The molecule has 5 nitrogen and oxygen atoms in total. The number of aromatic nitrogens is 1. The summed E-state index contributed by atoms with van der Waals surface area (Å²) >= 11 is 0. The molecule has 0 aliphatic heterocycles. The Morgan fingerprint density at radius 1 is 1.45 bits per heavy atom. The minimum atomic E-state index is -0.913. The zero-order valence-electron chi connectivity index (χ0n) is 13.2. The lowest BCUT2D eigenvalue weighted by molar-refractivity contribution is 0.0368. The first-order valence-electron chi connectivity index (χ1n) is 6.81. The Kier molecular flexibility index (Phi) is 5.11. The third-order valence-corrected chi connectivity index (χ3v) is 2.91. The summed E-state index contributed by atoms with van der Waals surface area (Å²) in [6.45, 7) is 7.72. The maximum absolute atomic E-state index is 12.4. The van der Waals surface area contributed by atoms with Crippen LogP contribution in [0.25, 0.3) is 0 Å². The maximum Gasteiger partial charge on any atom is 0.253 e. The van der Waals surface area contributed by atoms with Crippen molar-refractivity contribution in [2.75, 3.05) is 26.0 Å². The van der Waals surface area contributed by atoms with Gasteiger partial charge in [0.1, 0.15) is 5.82 Å². The summed E-state index contributed by atoms with van der Waals surface area (Å²) in [5.41, 5.74) is 0.543. The van der Waals surface area contributed by atoms with E-state index in [1.165, 1.54) is 4.90 Å². The molecule has 0 fully saturated rings. The van der Waals surface area contributed by atoms with Crippen molar-refractivity contribution in [1.82, 2.24) is 9.88 Å². The van der Waals surface area contributed by atoms with Gasteiger partial charge in [0.25, 0.3) is 5.91 Å². The van der Waals surface area contributed by atoms with E-state index in [9.17, 15) is 9.90 Å². The van der Waals surface area contributed by atoms with Gasteiger partial charge in [-0.15, -0.1) is 0 Å². The second kappa shape index (κ2) is 6.22. The van der Waals surface area contributed by atoms with Crippen molar-refractivity contribution in [3.05, 3.63) is 23.4 Å². The minimum absolute atomic E-state index is 0.118. The predicted molar refractivity (Wildman–Crippen MR) is 81.1 cm³/mol. The topological polar surface area (TPSA) is 65.5 Å². The molecule has 0 spiro atoms. The molecule has 0 aliphatic rings. The van der Waals surface area contributed by atoms with E-state index in [-0.39, 0.29) is 18.4 Å². The van der Waals surface area contributed by atoms with E-state index in [2.05, 4.69) is 10.3 Å². The molecule has 20 heavy (non-hydrogen) atoms. The molecule has 0 aromatic carbocycles. The standard InChI is InChI=1S/C15H25N3O2/c1-10(2)12-7-11(8-13(16-5)17-12)14(19)18(6)9-15(3,4)20/h7-8,10,20H,9H2,1-6H3,(H,16,17). The number of aliphatic hydroxyl groups is 1. The summed E-state index contributed by atoms with van der Waals surface area (Å²) in [6, 6.07) is 3.55. The van der Waals surface area contributed by atoms with Crippen molar-refractivity contribution in [1.29, 1.82) is 0 Å². The Morgan fingerprint density at radius 2 is 2.05 bits per heavy atom. The molecule has 1 heterocycles. The average Bonchev–Trinajstić information content (AvgIpc) is 2.35. The van der Waals surface area contributed by atoms with Crippen LogP contribution in [0.2, 0.25) is 0 Å². The first-order chi connectivity index (χ1) is 9.14. The van der Waals surface area contributed by atoms with Gasteiger partial charge < -0.3 is 15.3 Å². The van der Waals surface area contributed by atoms with Gasteiger partial charge in [0.2, 0.25) is 0 Å². The van der Waals surface area contributed by atoms with Gasteiger partial charge in [0.05, 0.1) is 5.60 Å². The van der Waals surface area contributed by atoms with Gasteiger partial charge in [-0.25, -0.2) is 4.98 Å². The van der Waals surface area contributed by atoms with Gasteiger partial charge in [-0.05, 0) is 31.9 Å². The van der Waals surface area contributed by atoms with Crippen molar-refractivity contribution in [2.45, 2.75) is 39.2 Å². The molecule has 0 bridgehead atoms. The van der Waals surface area contributed by atoms with Crippen LogP contribution in [0.1, 0.15) is 49.7 Å². The number of pyridine rings is 1. The molecule has 2 N–H and O–H groups in total. The van der Waals surface area contributed by atoms with Gasteiger partial charge >= 0.3 is 0 Å². The number of carbonyl (C=O) groups excluding carboxylic acids is 1. The molecule has 0 saturated heterocycles. The van der Waals surface area contributed by atoms with Crippen molar-refractivity contribution in [2.24, 2.45) is 0 Å². The summed E-state index contributed by atoms with van der Waals surface area (Å²) in [7, 11) is 3.47. The lowest BCUT2D eigenvalue weighted by atomic mass is 10.1. The number of amides is 1.